The van der Waals surface area contributed by atoms with Gasteiger partial charge in [0.05, 0.1) is 10.6 Å². The smallest absolute Gasteiger partial charge is 0.302 e. The number of anilines is 1. The number of benzene rings is 1. The molecular formula is C19H17ClN3O3S+. The van der Waals surface area contributed by atoms with Crippen molar-refractivity contribution in [2.75, 3.05) is 10.5 Å². The summed E-state index contributed by atoms with van der Waals surface area (Å²) in [6, 6.07) is 14.7. The Labute approximate surface area is 162 Å². The molecule has 0 spiro atoms. The van der Waals surface area contributed by atoms with Gasteiger partial charge in [0.2, 0.25) is 5.88 Å². The van der Waals surface area contributed by atoms with Crippen LogP contribution in [-0.4, -0.2) is 19.2 Å². The number of halogens is 1. The van der Waals surface area contributed by atoms with Gasteiger partial charge in [-0.15, -0.1) is 0 Å². The summed E-state index contributed by atoms with van der Waals surface area (Å²) in [5.41, 5.74) is 2.42. The van der Waals surface area contributed by atoms with Crippen LogP contribution < -0.4 is 14.0 Å². The van der Waals surface area contributed by atoms with Crippen LogP contribution in [0.15, 0.2) is 54.7 Å². The van der Waals surface area contributed by atoms with Crippen molar-refractivity contribution in [2.24, 2.45) is 0 Å². The Morgan fingerprint density at radius 3 is 2.70 bits per heavy atom. The normalized spacial score (nSPS) is 14.9. The molecule has 3 heterocycles. The Bertz CT molecular complexity index is 1120. The minimum Gasteiger partial charge on any atom is -0.439 e. The van der Waals surface area contributed by atoms with Gasteiger partial charge in [-0.2, -0.15) is 13.1 Å². The summed E-state index contributed by atoms with van der Waals surface area (Å²) in [6.45, 7) is 2.26. The van der Waals surface area contributed by atoms with Gasteiger partial charge in [-0.25, -0.2) is 9.55 Å². The van der Waals surface area contributed by atoms with Crippen LogP contribution in [0.1, 0.15) is 5.69 Å². The Morgan fingerprint density at radius 2 is 1.96 bits per heavy atom. The number of aryl methyl sites for hydroxylation is 2. The molecule has 1 aliphatic heterocycles. The van der Waals surface area contributed by atoms with Crippen molar-refractivity contribution in [2.45, 2.75) is 13.5 Å². The zero-order valence-electron chi connectivity index (χ0n) is 14.5. The highest BCUT2D eigenvalue weighted by Gasteiger charge is 2.30. The molecule has 0 saturated heterocycles. The Morgan fingerprint density at radius 1 is 1.19 bits per heavy atom. The van der Waals surface area contributed by atoms with Crippen LogP contribution in [0.2, 0.25) is 5.02 Å². The molecule has 0 aliphatic carbocycles. The molecule has 1 aliphatic rings. The van der Waals surface area contributed by atoms with Gasteiger partial charge in [0, 0.05) is 11.8 Å². The molecular weight excluding hydrogens is 386 g/mol. The minimum atomic E-state index is -3.34. The van der Waals surface area contributed by atoms with E-state index in [4.69, 9.17) is 16.3 Å². The van der Waals surface area contributed by atoms with Crippen molar-refractivity contribution >= 4 is 27.4 Å². The van der Waals surface area contributed by atoms with Crippen LogP contribution in [-0.2, 0) is 16.6 Å². The molecule has 0 atom stereocenters. The molecule has 6 nitrogen and oxygen atoms in total. The lowest BCUT2D eigenvalue weighted by Crippen LogP contribution is -2.47. The maximum absolute atomic E-state index is 12.0. The lowest BCUT2D eigenvalue weighted by atomic mass is 10.1. The largest absolute Gasteiger partial charge is 0.439 e. The van der Waals surface area contributed by atoms with Crippen molar-refractivity contribution in [3.63, 3.8) is 0 Å². The molecule has 0 radical (unpaired) electrons. The third kappa shape index (κ3) is 3.89. The number of nitrogens with zero attached hydrogens (tertiary/aromatic N) is 2. The first kappa shape index (κ1) is 17.8. The van der Waals surface area contributed by atoms with E-state index >= 15 is 0 Å². The van der Waals surface area contributed by atoms with Gasteiger partial charge in [0.15, 0.2) is 0 Å². The number of aromatic nitrogens is 2. The number of sulfonamides is 1. The monoisotopic (exact) mass is 402 g/mol. The Kier molecular flexibility index (Phi) is 4.49. The maximum atomic E-state index is 12.0. The van der Waals surface area contributed by atoms with Crippen molar-refractivity contribution in [3.05, 3.63) is 65.4 Å². The van der Waals surface area contributed by atoms with Crippen molar-refractivity contribution in [1.29, 1.82) is 0 Å². The fourth-order valence-electron chi connectivity index (χ4n) is 2.94. The van der Waals surface area contributed by atoms with E-state index in [-0.39, 0.29) is 5.75 Å². The molecule has 1 aromatic carbocycles. The molecule has 8 heteroatoms. The number of fused-ring (bicyclic) bond motifs is 1. The summed E-state index contributed by atoms with van der Waals surface area (Å²) >= 11 is 6.23. The molecule has 4 rings (SSSR count). The topological polar surface area (TPSA) is 72.2 Å². The van der Waals surface area contributed by atoms with Gasteiger partial charge in [0.1, 0.15) is 24.2 Å². The van der Waals surface area contributed by atoms with Crippen LogP contribution in [0, 0.1) is 6.92 Å². The lowest BCUT2D eigenvalue weighted by molar-refractivity contribution is -0.679. The second kappa shape index (κ2) is 6.83. The van der Waals surface area contributed by atoms with Gasteiger partial charge in [-0.1, -0.05) is 29.8 Å². The molecule has 138 valence electrons. The number of pyridine rings is 2. The molecule has 1 N–H and O–H groups in total. The van der Waals surface area contributed by atoms with E-state index in [1.165, 1.54) is 0 Å². The highest BCUT2D eigenvalue weighted by molar-refractivity contribution is 7.92. The number of hydrogen-bond donors (Lipinski definition) is 1. The van der Waals surface area contributed by atoms with Gasteiger partial charge in [-0.3, -0.25) is 0 Å². The van der Waals surface area contributed by atoms with E-state index in [0.29, 0.717) is 34.6 Å². The molecule has 27 heavy (non-hydrogen) atoms. The number of hydrogen-bond acceptors (Lipinski definition) is 4. The molecule has 0 unspecified atom stereocenters. The molecule has 2 aromatic heterocycles. The quantitative estimate of drug-likeness (QED) is 0.680. The highest BCUT2D eigenvalue weighted by atomic mass is 35.5. The Hall–Kier alpha value is -2.64. The fraction of sp³-hybridized carbons (Fsp3) is 0.158. The zero-order valence-corrected chi connectivity index (χ0v) is 16.1. The van der Waals surface area contributed by atoms with E-state index in [9.17, 15) is 8.42 Å². The second-order valence-electron chi connectivity index (χ2n) is 6.28. The average molecular weight is 403 g/mol. The highest BCUT2D eigenvalue weighted by Crippen LogP contribution is 2.31. The van der Waals surface area contributed by atoms with Crippen LogP contribution in [0.3, 0.4) is 0 Å². The van der Waals surface area contributed by atoms with E-state index in [0.717, 1.165) is 11.3 Å². The molecule has 3 aromatic rings. The first-order valence-electron chi connectivity index (χ1n) is 8.35. The average Bonchev–Trinajstić information content (AvgIpc) is 2.62. The third-order valence-electron chi connectivity index (χ3n) is 4.21. The van der Waals surface area contributed by atoms with Crippen LogP contribution in [0.25, 0.3) is 11.1 Å². The second-order valence-corrected chi connectivity index (χ2v) is 8.56. The summed E-state index contributed by atoms with van der Waals surface area (Å²) in [6.07, 6.45) is 1.73. The zero-order chi connectivity index (χ0) is 19.0. The summed E-state index contributed by atoms with van der Waals surface area (Å²) < 4.78 is 34.2. The van der Waals surface area contributed by atoms with E-state index in [2.05, 4.69) is 9.71 Å². The van der Waals surface area contributed by atoms with E-state index < -0.39 is 10.0 Å². The lowest BCUT2D eigenvalue weighted by Gasteiger charge is -2.16. The predicted molar refractivity (Wildman–Crippen MR) is 104 cm³/mol. The Balaban J connectivity index is 1.67. The summed E-state index contributed by atoms with van der Waals surface area (Å²) in [7, 11) is -3.34. The van der Waals surface area contributed by atoms with Gasteiger partial charge >= 0.3 is 10.0 Å². The summed E-state index contributed by atoms with van der Waals surface area (Å²) in [4.78, 5) is 4.31. The van der Waals surface area contributed by atoms with Crippen LogP contribution in [0.5, 0.6) is 11.6 Å². The first-order chi connectivity index (χ1) is 12.9. The van der Waals surface area contributed by atoms with Gasteiger partial charge < -0.3 is 4.74 Å². The van der Waals surface area contributed by atoms with Crippen molar-refractivity contribution in [3.8, 4) is 22.8 Å². The molecule has 0 bridgehead atoms. The molecule has 0 amide bonds. The summed E-state index contributed by atoms with van der Waals surface area (Å²) in [5.74, 6) is 1.70. The maximum Gasteiger partial charge on any atom is 0.302 e. The minimum absolute atomic E-state index is 0.0285. The SMILES string of the molecule is Cc1cccc(Oc2ccc(-c3cc(Cl)c[n+]4c3NS(=O)(=O)CC4)cc2)n1. The van der Waals surface area contributed by atoms with E-state index in [1.54, 1.807) is 18.3 Å². The standard InChI is InChI=1S/C19H16ClN3O3S/c1-13-3-2-4-18(21-13)26-16-7-5-14(6-8-16)17-11-15(20)12-23-9-10-27(24,25)22-19(17)23/h2-8,11-12H,9-10H2,1H3/p+1. The third-order valence-corrected chi connectivity index (χ3v) is 5.64. The van der Waals surface area contributed by atoms with E-state index in [1.807, 2.05) is 47.9 Å². The number of nitrogens with one attached hydrogen (secondary N) is 1. The van der Waals surface area contributed by atoms with Crippen LogP contribution in [0.4, 0.5) is 5.82 Å². The molecule has 0 fully saturated rings. The number of ether oxygens (including phenoxy) is 1. The summed E-state index contributed by atoms with van der Waals surface area (Å²) in [5, 5.41) is 0.541. The first-order valence-corrected chi connectivity index (χ1v) is 10.4. The van der Waals surface area contributed by atoms with Gasteiger partial charge in [-0.05, 0) is 36.8 Å². The molecule has 0 saturated carbocycles. The van der Waals surface area contributed by atoms with Crippen molar-refractivity contribution in [1.82, 2.24) is 4.98 Å². The van der Waals surface area contributed by atoms with Gasteiger partial charge in [0.25, 0.3) is 5.82 Å². The number of rotatable bonds is 3. The van der Waals surface area contributed by atoms with Crippen LogP contribution >= 0.6 is 11.6 Å². The predicted octanol–water partition coefficient (Wildman–Crippen LogP) is 3.55. The fourth-order valence-corrected chi connectivity index (χ4v) is 4.22. The van der Waals surface area contributed by atoms with Crippen molar-refractivity contribution < 1.29 is 17.7 Å².